The summed E-state index contributed by atoms with van der Waals surface area (Å²) in [5.74, 6) is -0.437. The van der Waals surface area contributed by atoms with E-state index in [-0.39, 0.29) is 18.1 Å². The zero-order valence-electron chi connectivity index (χ0n) is 13.0. The van der Waals surface area contributed by atoms with Gasteiger partial charge in [-0.05, 0) is 31.5 Å². The lowest BCUT2D eigenvalue weighted by atomic mass is 10.1. The Bertz CT molecular complexity index is 714. The van der Waals surface area contributed by atoms with Gasteiger partial charge in [-0.1, -0.05) is 30.0 Å². The molecule has 0 saturated heterocycles. The first-order chi connectivity index (χ1) is 10.9. The zero-order valence-corrected chi connectivity index (χ0v) is 13.8. The van der Waals surface area contributed by atoms with Gasteiger partial charge in [0.15, 0.2) is 5.16 Å². The van der Waals surface area contributed by atoms with Crippen LogP contribution in [0.25, 0.3) is 0 Å². The molecule has 0 unspecified atom stereocenters. The van der Waals surface area contributed by atoms with Crippen LogP contribution in [0.2, 0.25) is 0 Å². The van der Waals surface area contributed by atoms with Gasteiger partial charge in [0.25, 0.3) is 0 Å². The topological polar surface area (TPSA) is 98.0 Å². The second kappa shape index (κ2) is 7.73. The van der Waals surface area contributed by atoms with Crippen molar-refractivity contribution in [3.05, 3.63) is 47.3 Å². The van der Waals surface area contributed by atoms with E-state index in [4.69, 9.17) is 5.73 Å². The average Bonchev–Trinajstić information content (AvgIpc) is 2.46. The number of nitrogens with one attached hydrogen (secondary N) is 1. The number of para-hydroxylation sites is 1. The predicted molar refractivity (Wildman–Crippen MR) is 90.2 cm³/mol. The van der Waals surface area contributed by atoms with Crippen LogP contribution in [0, 0.1) is 13.8 Å². The number of aryl methyl sites for hydroxylation is 2. The first-order valence-electron chi connectivity index (χ1n) is 7.05. The van der Waals surface area contributed by atoms with Crippen molar-refractivity contribution in [2.45, 2.75) is 25.4 Å². The Morgan fingerprint density at radius 1 is 1.17 bits per heavy atom. The molecule has 2 rings (SSSR count). The second-order valence-electron chi connectivity index (χ2n) is 5.07. The van der Waals surface area contributed by atoms with Crippen LogP contribution in [0.3, 0.4) is 0 Å². The van der Waals surface area contributed by atoms with E-state index in [0.29, 0.717) is 16.4 Å². The average molecular weight is 330 g/mol. The number of hydrogen-bond donors (Lipinski definition) is 2. The smallest absolute Gasteiger partial charge is 0.234 e. The molecule has 1 aromatic carbocycles. The molecule has 0 aliphatic heterocycles. The van der Waals surface area contributed by atoms with Crippen LogP contribution in [0.4, 0.5) is 5.69 Å². The molecule has 120 valence electrons. The number of nitrogens with two attached hydrogens (primary N) is 1. The number of rotatable bonds is 6. The second-order valence-corrected chi connectivity index (χ2v) is 6.01. The molecule has 7 heteroatoms. The summed E-state index contributed by atoms with van der Waals surface area (Å²) in [7, 11) is 0. The fourth-order valence-electron chi connectivity index (χ4n) is 2.06. The zero-order chi connectivity index (χ0) is 16.8. The summed E-state index contributed by atoms with van der Waals surface area (Å²) in [6, 6.07) is 8.98. The fraction of sp³-hybridized carbons (Fsp3) is 0.250. The summed E-state index contributed by atoms with van der Waals surface area (Å²) in [4.78, 5) is 31.7. The van der Waals surface area contributed by atoms with E-state index in [1.54, 1.807) is 24.3 Å². The van der Waals surface area contributed by atoms with E-state index in [0.717, 1.165) is 11.4 Å². The van der Waals surface area contributed by atoms with Crippen molar-refractivity contribution in [1.82, 2.24) is 9.97 Å². The predicted octanol–water partition coefficient (Wildman–Crippen LogP) is 1.85. The Balaban J connectivity index is 1.98. The van der Waals surface area contributed by atoms with Gasteiger partial charge in [-0.3, -0.25) is 9.59 Å². The van der Waals surface area contributed by atoms with Crippen molar-refractivity contribution < 1.29 is 9.59 Å². The van der Waals surface area contributed by atoms with Crippen LogP contribution in [0.15, 0.2) is 35.5 Å². The molecular weight excluding hydrogens is 312 g/mol. The van der Waals surface area contributed by atoms with Crippen LogP contribution >= 0.6 is 11.8 Å². The van der Waals surface area contributed by atoms with Crippen LogP contribution in [-0.4, -0.2) is 27.5 Å². The number of benzene rings is 1. The van der Waals surface area contributed by atoms with E-state index in [1.165, 1.54) is 11.8 Å². The molecule has 0 radical (unpaired) electrons. The lowest BCUT2D eigenvalue weighted by molar-refractivity contribution is -0.117. The quantitative estimate of drug-likeness (QED) is 0.622. The number of thioether (sulfide) groups is 1. The number of primary amides is 1. The Kier molecular flexibility index (Phi) is 5.70. The minimum atomic E-state index is -0.440. The Morgan fingerprint density at radius 2 is 1.83 bits per heavy atom. The van der Waals surface area contributed by atoms with E-state index < -0.39 is 5.91 Å². The lowest BCUT2D eigenvalue weighted by Crippen LogP contribution is -2.18. The van der Waals surface area contributed by atoms with Gasteiger partial charge in [0.1, 0.15) is 0 Å². The number of carbonyl (C=O) groups is 2. The minimum absolute atomic E-state index is 0.0871. The van der Waals surface area contributed by atoms with E-state index >= 15 is 0 Å². The SMILES string of the molecule is Cc1cc(C)nc(SCC(=O)Nc2ccccc2CC(N)=O)n1. The molecule has 23 heavy (non-hydrogen) atoms. The van der Waals surface area contributed by atoms with Crippen molar-refractivity contribution in [3.8, 4) is 0 Å². The molecule has 1 heterocycles. The van der Waals surface area contributed by atoms with Gasteiger partial charge >= 0.3 is 0 Å². The molecule has 0 aliphatic rings. The normalized spacial score (nSPS) is 10.3. The summed E-state index contributed by atoms with van der Waals surface area (Å²) in [5, 5.41) is 3.36. The number of carbonyl (C=O) groups excluding carboxylic acids is 2. The molecule has 0 atom stereocenters. The Morgan fingerprint density at radius 3 is 2.48 bits per heavy atom. The van der Waals surface area contributed by atoms with E-state index in [1.807, 2.05) is 19.9 Å². The van der Waals surface area contributed by atoms with Gasteiger partial charge in [0.05, 0.1) is 12.2 Å². The number of amides is 2. The molecule has 0 aliphatic carbocycles. The third-order valence-electron chi connectivity index (χ3n) is 2.95. The fourth-order valence-corrected chi connectivity index (χ4v) is 2.81. The summed E-state index contributed by atoms with van der Waals surface area (Å²) in [6.45, 7) is 3.78. The summed E-state index contributed by atoms with van der Waals surface area (Å²) in [6.07, 6.45) is 0.0871. The van der Waals surface area contributed by atoms with Crippen molar-refractivity contribution in [2.75, 3.05) is 11.1 Å². The van der Waals surface area contributed by atoms with Gasteiger partial charge < -0.3 is 11.1 Å². The van der Waals surface area contributed by atoms with Crippen LogP contribution in [-0.2, 0) is 16.0 Å². The highest BCUT2D eigenvalue weighted by molar-refractivity contribution is 7.99. The third-order valence-corrected chi connectivity index (χ3v) is 3.80. The summed E-state index contributed by atoms with van der Waals surface area (Å²) in [5.41, 5.74) is 8.24. The highest BCUT2D eigenvalue weighted by Gasteiger charge is 2.10. The maximum Gasteiger partial charge on any atom is 0.234 e. The van der Waals surface area contributed by atoms with Gasteiger partial charge in [0.2, 0.25) is 11.8 Å². The molecule has 0 bridgehead atoms. The molecular formula is C16H18N4O2S. The first kappa shape index (κ1) is 17.0. The molecule has 0 fully saturated rings. The number of nitrogens with zero attached hydrogens (tertiary/aromatic N) is 2. The lowest BCUT2D eigenvalue weighted by Gasteiger charge is -2.09. The van der Waals surface area contributed by atoms with E-state index in [2.05, 4.69) is 15.3 Å². The van der Waals surface area contributed by atoms with Gasteiger partial charge in [-0.2, -0.15) is 0 Å². The Hall–Kier alpha value is -2.41. The maximum atomic E-state index is 12.1. The third kappa shape index (κ3) is 5.37. The molecule has 0 spiro atoms. The van der Waals surface area contributed by atoms with Crippen LogP contribution in [0.1, 0.15) is 17.0 Å². The minimum Gasteiger partial charge on any atom is -0.369 e. The number of hydrogen-bond acceptors (Lipinski definition) is 5. The number of anilines is 1. The number of aromatic nitrogens is 2. The maximum absolute atomic E-state index is 12.1. The van der Waals surface area contributed by atoms with Crippen molar-refractivity contribution >= 4 is 29.3 Å². The van der Waals surface area contributed by atoms with Crippen LogP contribution < -0.4 is 11.1 Å². The summed E-state index contributed by atoms with van der Waals surface area (Å²) >= 11 is 1.27. The van der Waals surface area contributed by atoms with Crippen LogP contribution in [0.5, 0.6) is 0 Å². The Labute approximate surface area is 138 Å². The van der Waals surface area contributed by atoms with Gasteiger partial charge in [-0.25, -0.2) is 9.97 Å². The molecule has 2 aromatic rings. The molecule has 6 nitrogen and oxygen atoms in total. The standard InChI is InChI=1S/C16H18N4O2S/c1-10-7-11(2)19-16(18-10)23-9-15(22)20-13-6-4-3-5-12(13)8-14(17)21/h3-7H,8-9H2,1-2H3,(H2,17,21)(H,20,22). The molecule has 2 amide bonds. The van der Waals surface area contributed by atoms with Crippen molar-refractivity contribution in [2.24, 2.45) is 5.73 Å². The molecule has 1 aromatic heterocycles. The molecule has 0 saturated carbocycles. The first-order valence-corrected chi connectivity index (χ1v) is 8.04. The van der Waals surface area contributed by atoms with Gasteiger partial charge in [0, 0.05) is 17.1 Å². The summed E-state index contributed by atoms with van der Waals surface area (Å²) < 4.78 is 0. The van der Waals surface area contributed by atoms with Crippen molar-refractivity contribution in [3.63, 3.8) is 0 Å². The van der Waals surface area contributed by atoms with Crippen molar-refractivity contribution in [1.29, 1.82) is 0 Å². The highest BCUT2D eigenvalue weighted by Crippen LogP contribution is 2.18. The molecule has 3 N–H and O–H groups in total. The monoisotopic (exact) mass is 330 g/mol. The highest BCUT2D eigenvalue weighted by atomic mass is 32.2. The van der Waals surface area contributed by atoms with E-state index in [9.17, 15) is 9.59 Å². The van der Waals surface area contributed by atoms with Gasteiger partial charge in [-0.15, -0.1) is 0 Å². The largest absolute Gasteiger partial charge is 0.369 e.